The molecule has 0 atom stereocenters. The SMILES string of the molecule is Cc1cc(CCCOCC(C)(C)C2C(=O)CC3(CC2=O)CC(=O)C(C(C)(C)COCCCc2cc(C)c(O)c(C(C)(C)C)c2)C(=O)C3)cc(C(C)(C)C)c1O. The van der Waals surface area contributed by atoms with Crippen LogP contribution in [0.4, 0.5) is 0 Å². The Balaban J connectivity index is 1.27. The lowest BCUT2D eigenvalue weighted by Gasteiger charge is -2.46. The first-order valence-corrected chi connectivity index (χ1v) is 20.2. The molecule has 8 nitrogen and oxygen atoms in total. The molecule has 2 aromatic carbocycles. The van der Waals surface area contributed by atoms with Crippen LogP contribution in [-0.2, 0) is 52.3 Å². The fourth-order valence-corrected chi connectivity index (χ4v) is 9.10. The summed E-state index contributed by atoms with van der Waals surface area (Å²) >= 11 is 0. The molecule has 8 heteroatoms. The highest BCUT2D eigenvalue weighted by Crippen LogP contribution is 2.51. The summed E-state index contributed by atoms with van der Waals surface area (Å²) in [6, 6.07) is 8.13. The van der Waals surface area contributed by atoms with E-state index in [0.29, 0.717) is 24.7 Å². The second-order valence-corrected chi connectivity index (χ2v) is 20.3. The highest BCUT2D eigenvalue weighted by molar-refractivity contribution is 6.11. The van der Waals surface area contributed by atoms with Crippen molar-refractivity contribution in [3.05, 3.63) is 57.6 Å². The smallest absolute Gasteiger partial charge is 0.144 e. The molecule has 0 heterocycles. The van der Waals surface area contributed by atoms with Crippen molar-refractivity contribution in [3.8, 4) is 11.5 Å². The van der Waals surface area contributed by atoms with Crippen LogP contribution < -0.4 is 0 Å². The van der Waals surface area contributed by atoms with Gasteiger partial charge >= 0.3 is 0 Å². The van der Waals surface area contributed by atoms with Gasteiger partial charge in [0.05, 0.1) is 25.0 Å². The van der Waals surface area contributed by atoms with Crippen LogP contribution in [0.3, 0.4) is 0 Å². The third-order valence-corrected chi connectivity index (χ3v) is 11.8. The largest absolute Gasteiger partial charge is 0.507 e. The maximum absolute atomic E-state index is 13.7. The highest BCUT2D eigenvalue weighted by atomic mass is 16.5. The Labute approximate surface area is 330 Å². The molecule has 0 amide bonds. The quantitative estimate of drug-likeness (QED) is 0.144. The lowest BCUT2D eigenvalue weighted by atomic mass is 9.54. The number of hydrogen-bond donors (Lipinski definition) is 2. The Bertz CT molecular complexity index is 1600. The van der Waals surface area contributed by atoms with Gasteiger partial charge in [0.15, 0.2) is 0 Å². The average molecular weight is 761 g/mol. The second kappa shape index (κ2) is 16.6. The standard InChI is InChI=1S/C47H68O8/c1-29-19-31(21-33(41(29)52)43(3,4)5)15-13-17-54-27-45(9,10)39-35(48)23-47(24-36(39)49)25-37(50)40(38(51)26-47)46(11,12)28-55-18-14-16-32-20-30(2)42(53)34(22-32)44(6,7)8/h19-22,39-40,52-53H,13-18,23-28H2,1-12H3. The molecule has 2 aliphatic rings. The van der Waals surface area contributed by atoms with Gasteiger partial charge in [-0.1, -0.05) is 93.5 Å². The zero-order valence-electron chi connectivity index (χ0n) is 35.8. The maximum atomic E-state index is 13.7. The lowest BCUT2D eigenvalue weighted by molar-refractivity contribution is -0.155. The van der Waals surface area contributed by atoms with Crippen molar-refractivity contribution < 1.29 is 38.9 Å². The number of rotatable bonds is 14. The summed E-state index contributed by atoms with van der Waals surface area (Å²) in [7, 11) is 0. The van der Waals surface area contributed by atoms with Crippen LogP contribution in [0, 0.1) is 41.9 Å². The van der Waals surface area contributed by atoms with E-state index >= 15 is 0 Å². The van der Waals surface area contributed by atoms with Crippen molar-refractivity contribution in [1.82, 2.24) is 0 Å². The first kappa shape index (κ1) is 44.4. The van der Waals surface area contributed by atoms with E-state index in [1.165, 1.54) is 0 Å². The summed E-state index contributed by atoms with van der Waals surface area (Å²) in [5.41, 5.74) is 3.04. The number of hydrogen-bond acceptors (Lipinski definition) is 8. The number of Topliss-reactive ketones (excluding diaryl/α,β-unsaturated/α-hetero) is 4. The number of carbonyl (C=O) groups is 4. The van der Waals surface area contributed by atoms with Crippen molar-refractivity contribution >= 4 is 23.1 Å². The van der Waals surface area contributed by atoms with Crippen molar-refractivity contribution in [2.24, 2.45) is 28.1 Å². The minimum atomic E-state index is -0.953. The fourth-order valence-electron chi connectivity index (χ4n) is 9.10. The van der Waals surface area contributed by atoms with E-state index in [1.807, 2.05) is 53.7 Å². The number of aryl methyl sites for hydroxylation is 4. The molecule has 304 valence electrons. The molecule has 55 heavy (non-hydrogen) atoms. The molecule has 0 radical (unpaired) electrons. The van der Waals surface area contributed by atoms with E-state index in [2.05, 4.69) is 53.7 Å². The number of benzene rings is 2. The van der Waals surface area contributed by atoms with Crippen LogP contribution in [0.1, 0.15) is 141 Å². The average Bonchev–Trinajstić information content (AvgIpc) is 3.01. The minimum Gasteiger partial charge on any atom is -0.507 e. The molecule has 0 saturated heterocycles. The fraction of sp³-hybridized carbons (Fsp3) is 0.660. The molecule has 0 aromatic heterocycles. The number of aromatic hydroxyl groups is 2. The Kier molecular flexibility index (Phi) is 13.4. The van der Waals surface area contributed by atoms with Crippen LogP contribution in [-0.4, -0.2) is 59.8 Å². The Hall–Kier alpha value is -3.36. The number of carbonyl (C=O) groups excluding carboxylic acids is 4. The lowest BCUT2D eigenvalue weighted by Crippen LogP contribution is -2.54. The van der Waals surface area contributed by atoms with Crippen LogP contribution in [0.2, 0.25) is 0 Å². The normalized spacial score (nSPS) is 21.5. The van der Waals surface area contributed by atoms with E-state index < -0.39 is 28.1 Å². The molecular weight excluding hydrogens is 693 g/mol. The molecule has 2 saturated carbocycles. The molecule has 0 bridgehead atoms. The van der Waals surface area contributed by atoms with Gasteiger partial charge in [-0.05, 0) is 89.2 Å². The highest BCUT2D eigenvalue weighted by Gasteiger charge is 2.56. The molecule has 2 fully saturated rings. The molecule has 1 spiro atoms. The first-order chi connectivity index (χ1) is 25.3. The minimum absolute atomic E-state index is 0.0396. The molecule has 2 N–H and O–H groups in total. The van der Waals surface area contributed by atoms with E-state index in [4.69, 9.17) is 9.47 Å². The molecule has 4 rings (SSSR count). The van der Waals surface area contributed by atoms with Gasteiger partial charge in [0.1, 0.15) is 34.6 Å². The third-order valence-electron chi connectivity index (χ3n) is 11.8. The first-order valence-electron chi connectivity index (χ1n) is 20.2. The number of ketones is 4. The van der Waals surface area contributed by atoms with Gasteiger partial charge in [-0.15, -0.1) is 0 Å². The predicted molar refractivity (Wildman–Crippen MR) is 217 cm³/mol. The number of phenolic OH excluding ortho intramolecular Hbond substituents is 2. The second-order valence-electron chi connectivity index (χ2n) is 20.3. The van der Waals surface area contributed by atoms with Crippen LogP contribution >= 0.6 is 0 Å². The van der Waals surface area contributed by atoms with Crippen molar-refractivity contribution in [2.75, 3.05) is 26.4 Å². The van der Waals surface area contributed by atoms with Gasteiger partial charge in [0.25, 0.3) is 0 Å². The summed E-state index contributed by atoms with van der Waals surface area (Å²) in [6.45, 7) is 25.3. The summed E-state index contributed by atoms with van der Waals surface area (Å²) in [5.74, 6) is -1.84. The van der Waals surface area contributed by atoms with Crippen molar-refractivity contribution in [2.45, 2.75) is 145 Å². The van der Waals surface area contributed by atoms with Gasteiger partial charge in [0.2, 0.25) is 0 Å². The maximum Gasteiger partial charge on any atom is 0.144 e. The van der Waals surface area contributed by atoms with Gasteiger partial charge < -0.3 is 19.7 Å². The van der Waals surface area contributed by atoms with Crippen LogP contribution in [0.25, 0.3) is 0 Å². The van der Waals surface area contributed by atoms with E-state index in [0.717, 1.165) is 59.1 Å². The van der Waals surface area contributed by atoms with Gasteiger partial charge in [-0.3, -0.25) is 19.2 Å². The summed E-state index contributed by atoms with van der Waals surface area (Å²) in [5, 5.41) is 21.1. The van der Waals surface area contributed by atoms with Crippen LogP contribution in [0.15, 0.2) is 24.3 Å². The Morgan fingerprint density at radius 2 is 0.873 bits per heavy atom. The third kappa shape index (κ3) is 10.5. The summed E-state index contributed by atoms with van der Waals surface area (Å²) in [4.78, 5) is 54.9. The van der Waals surface area contributed by atoms with E-state index in [9.17, 15) is 29.4 Å². The zero-order chi connectivity index (χ0) is 41.3. The van der Waals surface area contributed by atoms with E-state index in [-0.39, 0.29) is 72.9 Å². The topological polar surface area (TPSA) is 127 Å². The predicted octanol–water partition coefficient (Wildman–Crippen LogP) is 9.04. The summed E-state index contributed by atoms with van der Waals surface area (Å²) < 4.78 is 12.1. The van der Waals surface area contributed by atoms with E-state index in [1.54, 1.807) is 0 Å². The van der Waals surface area contributed by atoms with Gasteiger partial charge in [-0.25, -0.2) is 0 Å². The monoisotopic (exact) mass is 760 g/mol. The molecule has 0 aliphatic heterocycles. The Morgan fingerprint density at radius 3 is 1.16 bits per heavy atom. The van der Waals surface area contributed by atoms with Crippen molar-refractivity contribution in [3.63, 3.8) is 0 Å². The molecular formula is C47H68O8. The zero-order valence-corrected chi connectivity index (χ0v) is 35.8. The Morgan fingerprint density at radius 1 is 0.564 bits per heavy atom. The number of phenols is 2. The van der Waals surface area contributed by atoms with Gasteiger partial charge in [-0.2, -0.15) is 0 Å². The van der Waals surface area contributed by atoms with Gasteiger partial charge in [0, 0.05) is 49.7 Å². The molecule has 2 aliphatic carbocycles. The molecule has 2 aromatic rings. The van der Waals surface area contributed by atoms with Crippen molar-refractivity contribution in [1.29, 1.82) is 0 Å². The molecule has 0 unspecified atom stereocenters. The van der Waals surface area contributed by atoms with Crippen LogP contribution in [0.5, 0.6) is 11.5 Å². The number of ether oxygens (including phenoxy) is 2. The summed E-state index contributed by atoms with van der Waals surface area (Å²) in [6.07, 6.45) is 3.22.